The lowest BCUT2D eigenvalue weighted by Gasteiger charge is -2.36. The van der Waals surface area contributed by atoms with Crippen molar-refractivity contribution >= 4 is 23.2 Å². The van der Waals surface area contributed by atoms with Crippen LogP contribution < -0.4 is 9.64 Å². The van der Waals surface area contributed by atoms with Gasteiger partial charge < -0.3 is 14.5 Å². The topological polar surface area (TPSA) is 32.8 Å². The van der Waals surface area contributed by atoms with Crippen molar-refractivity contribution in [2.45, 2.75) is 0 Å². The maximum Gasteiger partial charge on any atom is 0.253 e. The Balaban J connectivity index is 1.75. The number of hydrogen-bond donors (Lipinski definition) is 0. The van der Waals surface area contributed by atoms with E-state index in [1.165, 1.54) is 12.0 Å². The van der Waals surface area contributed by atoms with E-state index in [1.54, 1.807) is 24.3 Å². The third-order valence-electron chi connectivity index (χ3n) is 4.41. The second-order valence-electron chi connectivity index (χ2n) is 5.93. The monoisotopic (exact) mass is 402 g/mol. The molecule has 0 aromatic heterocycles. The summed E-state index contributed by atoms with van der Waals surface area (Å²) in [5.74, 6) is -6.02. The van der Waals surface area contributed by atoms with Gasteiger partial charge in [-0.3, -0.25) is 4.79 Å². The van der Waals surface area contributed by atoms with E-state index in [2.05, 4.69) is 0 Å². The van der Waals surface area contributed by atoms with E-state index in [9.17, 15) is 22.4 Å². The second kappa shape index (κ2) is 7.64. The SMILES string of the molecule is COc1ccc(C(=O)N2CCN(c3c(F)c(F)c(Cl)c(F)c3F)CC2)cc1. The van der Waals surface area contributed by atoms with Crippen LogP contribution in [-0.2, 0) is 0 Å². The Morgan fingerprint density at radius 3 is 1.93 bits per heavy atom. The molecule has 1 fully saturated rings. The standard InChI is InChI=1S/C18H15ClF4N2O2/c1-27-11-4-2-10(3-5-11)18(26)25-8-6-24(7-9-25)17-15(22)13(20)12(19)14(21)16(17)23/h2-5H,6-9H2,1H3. The molecule has 1 heterocycles. The van der Waals surface area contributed by atoms with E-state index in [-0.39, 0.29) is 32.1 Å². The Morgan fingerprint density at radius 2 is 1.44 bits per heavy atom. The Bertz CT molecular complexity index is 840. The number of carbonyl (C=O) groups is 1. The molecule has 144 valence electrons. The highest BCUT2D eigenvalue weighted by molar-refractivity contribution is 6.31. The molecule has 0 saturated carbocycles. The molecule has 1 saturated heterocycles. The summed E-state index contributed by atoms with van der Waals surface area (Å²) in [6.45, 7) is 0.289. The minimum atomic E-state index is -1.64. The lowest BCUT2D eigenvalue weighted by molar-refractivity contribution is 0.0746. The molecular formula is C18H15ClF4N2O2. The summed E-state index contributed by atoms with van der Waals surface area (Å²) in [4.78, 5) is 15.2. The van der Waals surface area contributed by atoms with Gasteiger partial charge in [0.05, 0.1) is 7.11 Å². The fraction of sp³-hybridized carbons (Fsp3) is 0.278. The maximum atomic E-state index is 14.1. The number of rotatable bonds is 3. The molecule has 1 amide bonds. The van der Waals surface area contributed by atoms with Gasteiger partial charge in [-0.2, -0.15) is 0 Å². The highest BCUT2D eigenvalue weighted by Crippen LogP contribution is 2.34. The summed E-state index contributed by atoms with van der Waals surface area (Å²) in [7, 11) is 1.51. The number of ether oxygens (including phenoxy) is 1. The van der Waals surface area contributed by atoms with Crippen LogP contribution in [-0.4, -0.2) is 44.1 Å². The fourth-order valence-electron chi connectivity index (χ4n) is 2.92. The first kappa shape index (κ1) is 19.3. The van der Waals surface area contributed by atoms with Crippen molar-refractivity contribution in [3.05, 3.63) is 58.1 Å². The number of amides is 1. The first-order valence-electron chi connectivity index (χ1n) is 8.04. The fourth-order valence-corrected chi connectivity index (χ4v) is 3.09. The van der Waals surface area contributed by atoms with Crippen molar-refractivity contribution in [2.24, 2.45) is 0 Å². The van der Waals surface area contributed by atoms with Gasteiger partial charge in [0.2, 0.25) is 0 Å². The maximum absolute atomic E-state index is 14.1. The van der Waals surface area contributed by atoms with Gasteiger partial charge in [0, 0.05) is 31.7 Å². The van der Waals surface area contributed by atoms with Crippen LogP contribution in [0.1, 0.15) is 10.4 Å². The molecule has 1 aliphatic rings. The van der Waals surface area contributed by atoms with Crippen LogP contribution in [0, 0.1) is 23.3 Å². The third kappa shape index (κ3) is 3.53. The predicted molar refractivity (Wildman–Crippen MR) is 92.4 cm³/mol. The minimum absolute atomic E-state index is 0.0102. The number of benzene rings is 2. The molecule has 0 atom stereocenters. The summed E-state index contributed by atoms with van der Waals surface area (Å²) in [5.41, 5.74) is -0.379. The zero-order valence-electron chi connectivity index (χ0n) is 14.2. The van der Waals surface area contributed by atoms with Gasteiger partial charge in [-0.25, -0.2) is 17.6 Å². The zero-order valence-corrected chi connectivity index (χ0v) is 15.0. The minimum Gasteiger partial charge on any atom is -0.497 e. The van der Waals surface area contributed by atoms with E-state index in [0.29, 0.717) is 11.3 Å². The molecule has 3 rings (SSSR count). The molecule has 2 aromatic carbocycles. The van der Waals surface area contributed by atoms with Gasteiger partial charge in [0.1, 0.15) is 16.5 Å². The molecule has 1 aliphatic heterocycles. The van der Waals surface area contributed by atoms with Crippen molar-refractivity contribution in [1.82, 2.24) is 4.90 Å². The summed E-state index contributed by atoms with van der Waals surface area (Å²) >= 11 is 5.24. The van der Waals surface area contributed by atoms with Crippen molar-refractivity contribution in [3.8, 4) is 5.75 Å². The molecule has 9 heteroatoms. The number of nitrogens with zero attached hydrogens (tertiary/aromatic N) is 2. The van der Waals surface area contributed by atoms with Crippen LogP contribution in [0.25, 0.3) is 0 Å². The van der Waals surface area contributed by atoms with E-state index < -0.39 is 34.0 Å². The molecule has 0 spiro atoms. The van der Waals surface area contributed by atoms with Crippen LogP contribution in [0.4, 0.5) is 23.2 Å². The summed E-state index contributed by atoms with van der Waals surface area (Å²) in [5, 5.41) is -1.22. The van der Waals surface area contributed by atoms with E-state index in [4.69, 9.17) is 16.3 Å². The molecule has 4 nitrogen and oxygen atoms in total. The van der Waals surface area contributed by atoms with Crippen LogP contribution in [0.15, 0.2) is 24.3 Å². The van der Waals surface area contributed by atoms with Gasteiger partial charge in [-0.1, -0.05) is 11.6 Å². The molecule has 27 heavy (non-hydrogen) atoms. The number of anilines is 1. The van der Waals surface area contributed by atoms with Crippen LogP contribution in [0.5, 0.6) is 5.75 Å². The van der Waals surface area contributed by atoms with Gasteiger partial charge >= 0.3 is 0 Å². The average molecular weight is 403 g/mol. The van der Waals surface area contributed by atoms with Gasteiger partial charge in [-0.15, -0.1) is 0 Å². The number of carbonyl (C=O) groups excluding carboxylic acids is 1. The first-order chi connectivity index (χ1) is 12.8. The van der Waals surface area contributed by atoms with Gasteiger partial charge in [0.15, 0.2) is 23.3 Å². The zero-order chi connectivity index (χ0) is 19.7. The van der Waals surface area contributed by atoms with Gasteiger partial charge in [0.25, 0.3) is 5.91 Å². The van der Waals surface area contributed by atoms with Crippen molar-refractivity contribution in [1.29, 1.82) is 0 Å². The first-order valence-corrected chi connectivity index (χ1v) is 8.42. The molecule has 0 radical (unpaired) electrons. The Labute approximate surface area is 157 Å². The van der Waals surface area contributed by atoms with Crippen molar-refractivity contribution in [3.63, 3.8) is 0 Å². The van der Waals surface area contributed by atoms with E-state index >= 15 is 0 Å². The largest absolute Gasteiger partial charge is 0.497 e. The number of methoxy groups -OCH3 is 1. The summed E-state index contributed by atoms with van der Waals surface area (Å²) in [6.07, 6.45) is 0. The number of piperazine rings is 1. The highest BCUT2D eigenvalue weighted by atomic mass is 35.5. The molecule has 0 N–H and O–H groups in total. The molecule has 0 bridgehead atoms. The molecule has 2 aromatic rings. The Morgan fingerprint density at radius 1 is 0.926 bits per heavy atom. The van der Waals surface area contributed by atoms with E-state index in [1.807, 2.05) is 0 Å². The van der Waals surface area contributed by atoms with Crippen molar-refractivity contribution < 1.29 is 27.1 Å². The summed E-state index contributed by atoms with van der Waals surface area (Å²) < 4.78 is 60.5. The van der Waals surface area contributed by atoms with Crippen LogP contribution in [0.3, 0.4) is 0 Å². The number of halogens is 5. The smallest absolute Gasteiger partial charge is 0.253 e. The second-order valence-corrected chi connectivity index (χ2v) is 6.30. The van der Waals surface area contributed by atoms with Crippen LogP contribution >= 0.6 is 11.6 Å². The normalized spacial score (nSPS) is 14.4. The predicted octanol–water partition coefficient (Wildman–Crippen LogP) is 3.87. The quantitative estimate of drug-likeness (QED) is 0.444. The average Bonchev–Trinajstić information content (AvgIpc) is 2.71. The number of hydrogen-bond acceptors (Lipinski definition) is 3. The highest BCUT2D eigenvalue weighted by Gasteiger charge is 2.31. The van der Waals surface area contributed by atoms with Crippen molar-refractivity contribution in [2.75, 3.05) is 38.2 Å². The lowest BCUT2D eigenvalue weighted by atomic mass is 10.1. The molecule has 0 unspecified atom stereocenters. The Kier molecular flexibility index (Phi) is 5.46. The molecule has 0 aliphatic carbocycles. The Hall–Kier alpha value is -2.48. The third-order valence-corrected chi connectivity index (χ3v) is 4.74. The van der Waals surface area contributed by atoms with Gasteiger partial charge in [-0.05, 0) is 24.3 Å². The summed E-state index contributed by atoms with van der Waals surface area (Å²) in [6, 6.07) is 6.51. The lowest BCUT2D eigenvalue weighted by Crippen LogP contribution is -2.49. The van der Waals surface area contributed by atoms with E-state index in [0.717, 1.165) is 4.90 Å². The van der Waals surface area contributed by atoms with Crippen LogP contribution in [0.2, 0.25) is 5.02 Å². The molecular weight excluding hydrogens is 388 g/mol.